The largest absolute Gasteiger partial charge is 0.338 e. The summed E-state index contributed by atoms with van der Waals surface area (Å²) < 4.78 is 7.33. The molecule has 0 amide bonds. The van der Waals surface area contributed by atoms with Crippen molar-refractivity contribution in [2.45, 2.75) is 25.3 Å². The molecule has 5 nitrogen and oxygen atoms in total. The molecule has 0 aliphatic heterocycles. The van der Waals surface area contributed by atoms with Crippen molar-refractivity contribution in [1.29, 1.82) is 5.26 Å². The Morgan fingerprint density at radius 1 is 1.35 bits per heavy atom. The zero-order chi connectivity index (χ0) is 13.5. The van der Waals surface area contributed by atoms with Gasteiger partial charge in [0.15, 0.2) is 5.82 Å². The molecule has 2 aromatic heterocycles. The van der Waals surface area contributed by atoms with Crippen molar-refractivity contribution in [3.05, 3.63) is 47.7 Å². The van der Waals surface area contributed by atoms with Crippen LogP contribution in [0.2, 0.25) is 0 Å². The Labute approximate surface area is 115 Å². The van der Waals surface area contributed by atoms with Crippen molar-refractivity contribution in [1.82, 2.24) is 14.7 Å². The van der Waals surface area contributed by atoms with Crippen LogP contribution < -0.4 is 0 Å². The Morgan fingerprint density at radius 2 is 2.25 bits per heavy atom. The second kappa shape index (κ2) is 4.20. The maximum atomic E-state index is 9.11. The smallest absolute Gasteiger partial charge is 0.246 e. The molecule has 1 aromatic carbocycles. The first-order chi connectivity index (χ1) is 9.85. The second-order valence-corrected chi connectivity index (χ2v) is 5.11. The number of aromatic nitrogens is 3. The Bertz CT molecular complexity index is 820. The first-order valence-electron chi connectivity index (χ1n) is 6.65. The highest BCUT2D eigenvalue weighted by Crippen LogP contribution is 2.38. The van der Waals surface area contributed by atoms with E-state index in [1.54, 1.807) is 0 Å². The minimum atomic E-state index is 0.499. The normalized spacial score (nSPS) is 14.6. The molecular formula is C15H12N4O. The Balaban J connectivity index is 1.69. The summed E-state index contributed by atoms with van der Waals surface area (Å²) in [5.74, 6) is 1.94. The second-order valence-electron chi connectivity index (χ2n) is 5.11. The molecule has 98 valence electrons. The van der Waals surface area contributed by atoms with E-state index in [0.29, 0.717) is 23.9 Å². The summed E-state index contributed by atoms with van der Waals surface area (Å²) in [6.45, 7) is 0.540. The zero-order valence-electron chi connectivity index (χ0n) is 10.8. The van der Waals surface area contributed by atoms with Gasteiger partial charge in [0.2, 0.25) is 5.89 Å². The van der Waals surface area contributed by atoms with Crippen molar-refractivity contribution in [2.75, 3.05) is 0 Å². The SMILES string of the molecule is N#Cc1cccc2c1ccn2Cc1nc(C2CC2)no1. The van der Waals surface area contributed by atoms with E-state index < -0.39 is 0 Å². The van der Waals surface area contributed by atoms with Gasteiger partial charge < -0.3 is 9.09 Å². The number of hydrogen-bond acceptors (Lipinski definition) is 4. The third kappa shape index (κ3) is 1.77. The molecule has 0 atom stereocenters. The molecule has 3 aromatic rings. The van der Waals surface area contributed by atoms with Gasteiger partial charge in [0.1, 0.15) is 6.54 Å². The molecular weight excluding hydrogens is 252 g/mol. The van der Waals surface area contributed by atoms with Crippen molar-refractivity contribution in [2.24, 2.45) is 0 Å². The molecule has 2 heterocycles. The first-order valence-corrected chi connectivity index (χ1v) is 6.65. The van der Waals surface area contributed by atoms with Gasteiger partial charge in [-0.3, -0.25) is 0 Å². The van der Waals surface area contributed by atoms with Gasteiger partial charge in [0, 0.05) is 23.0 Å². The Kier molecular flexibility index (Phi) is 2.36. The van der Waals surface area contributed by atoms with Gasteiger partial charge in [-0.1, -0.05) is 11.2 Å². The monoisotopic (exact) mass is 264 g/mol. The van der Waals surface area contributed by atoms with Crippen LogP contribution in [0.3, 0.4) is 0 Å². The molecule has 0 N–H and O–H groups in total. The lowest BCUT2D eigenvalue weighted by molar-refractivity contribution is 0.367. The third-order valence-electron chi connectivity index (χ3n) is 3.67. The highest BCUT2D eigenvalue weighted by Gasteiger charge is 2.28. The van der Waals surface area contributed by atoms with E-state index >= 15 is 0 Å². The van der Waals surface area contributed by atoms with Crippen LogP contribution >= 0.6 is 0 Å². The number of hydrogen-bond donors (Lipinski definition) is 0. The summed E-state index contributed by atoms with van der Waals surface area (Å²) in [5, 5.41) is 14.1. The summed E-state index contributed by atoms with van der Waals surface area (Å²) in [4.78, 5) is 4.43. The maximum absolute atomic E-state index is 9.11. The lowest BCUT2D eigenvalue weighted by Gasteiger charge is -2.01. The van der Waals surface area contributed by atoms with Crippen LogP contribution in [0.25, 0.3) is 10.9 Å². The fraction of sp³-hybridized carbons (Fsp3) is 0.267. The van der Waals surface area contributed by atoms with Crippen LogP contribution in [0, 0.1) is 11.3 Å². The average Bonchev–Trinajstić information content (AvgIpc) is 3.09. The Hall–Kier alpha value is -2.61. The van der Waals surface area contributed by atoms with Gasteiger partial charge in [0.25, 0.3) is 0 Å². The topological polar surface area (TPSA) is 67.6 Å². The number of rotatable bonds is 3. The van der Waals surface area contributed by atoms with E-state index in [-0.39, 0.29) is 0 Å². The summed E-state index contributed by atoms with van der Waals surface area (Å²) in [6, 6.07) is 9.87. The van der Waals surface area contributed by atoms with Crippen molar-refractivity contribution in [3.63, 3.8) is 0 Å². The molecule has 0 spiro atoms. The molecule has 4 rings (SSSR count). The lowest BCUT2D eigenvalue weighted by atomic mass is 10.1. The summed E-state index contributed by atoms with van der Waals surface area (Å²) in [5.41, 5.74) is 1.70. The van der Waals surface area contributed by atoms with E-state index in [9.17, 15) is 0 Å². The molecule has 1 aliphatic rings. The van der Waals surface area contributed by atoms with Crippen molar-refractivity contribution < 1.29 is 4.52 Å². The lowest BCUT2D eigenvalue weighted by Crippen LogP contribution is -1.98. The summed E-state index contributed by atoms with van der Waals surface area (Å²) in [7, 11) is 0. The van der Waals surface area contributed by atoms with E-state index in [1.807, 2.05) is 35.0 Å². The summed E-state index contributed by atoms with van der Waals surface area (Å²) in [6.07, 6.45) is 4.28. The van der Waals surface area contributed by atoms with Crippen LogP contribution in [0.4, 0.5) is 0 Å². The molecule has 0 unspecified atom stereocenters. The molecule has 0 saturated heterocycles. The third-order valence-corrected chi connectivity index (χ3v) is 3.67. The predicted molar refractivity (Wildman–Crippen MR) is 72.0 cm³/mol. The van der Waals surface area contributed by atoms with E-state index in [0.717, 1.165) is 29.6 Å². The maximum Gasteiger partial charge on any atom is 0.246 e. The highest BCUT2D eigenvalue weighted by atomic mass is 16.5. The van der Waals surface area contributed by atoms with Crippen LogP contribution in [-0.2, 0) is 6.54 Å². The summed E-state index contributed by atoms with van der Waals surface area (Å²) >= 11 is 0. The van der Waals surface area contributed by atoms with Gasteiger partial charge >= 0.3 is 0 Å². The van der Waals surface area contributed by atoms with Crippen LogP contribution in [0.5, 0.6) is 0 Å². The van der Waals surface area contributed by atoms with Crippen LogP contribution in [0.15, 0.2) is 35.0 Å². The Morgan fingerprint density at radius 3 is 3.05 bits per heavy atom. The van der Waals surface area contributed by atoms with Gasteiger partial charge in [-0.25, -0.2) is 0 Å². The molecule has 20 heavy (non-hydrogen) atoms. The minimum absolute atomic E-state index is 0.499. The molecule has 1 aliphatic carbocycles. The quantitative estimate of drug-likeness (QED) is 0.729. The average molecular weight is 264 g/mol. The van der Waals surface area contributed by atoms with Crippen molar-refractivity contribution in [3.8, 4) is 6.07 Å². The molecule has 0 bridgehead atoms. The molecule has 1 saturated carbocycles. The standard InChI is InChI=1S/C15H12N4O/c16-8-11-2-1-3-13-12(11)6-7-19(13)9-14-17-15(18-20-14)10-4-5-10/h1-3,6-7,10H,4-5,9H2. The van der Waals surface area contributed by atoms with Crippen LogP contribution in [-0.4, -0.2) is 14.7 Å². The molecule has 5 heteroatoms. The van der Waals surface area contributed by atoms with Gasteiger partial charge in [-0.05, 0) is 31.0 Å². The predicted octanol–water partition coefficient (Wildman–Crippen LogP) is 2.82. The van der Waals surface area contributed by atoms with E-state index in [1.165, 1.54) is 0 Å². The number of benzene rings is 1. The van der Waals surface area contributed by atoms with Crippen molar-refractivity contribution >= 4 is 10.9 Å². The van der Waals surface area contributed by atoms with Gasteiger partial charge in [0.05, 0.1) is 11.6 Å². The number of nitriles is 1. The first kappa shape index (κ1) is 11.2. The van der Waals surface area contributed by atoms with Gasteiger partial charge in [-0.15, -0.1) is 0 Å². The minimum Gasteiger partial charge on any atom is -0.338 e. The van der Waals surface area contributed by atoms with E-state index in [4.69, 9.17) is 9.78 Å². The fourth-order valence-electron chi connectivity index (χ4n) is 2.44. The van der Waals surface area contributed by atoms with E-state index in [2.05, 4.69) is 16.2 Å². The highest BCUT2D eigenvalue weighted by molar-refractivity contribution is 5.86. The number of fused-ring (bicyclic) bond motifs is 1. The fourth-order valence-corrected chi connectivity index (χ4v) is 2.44. The van der Waals surface area contributed by atoms with Gasteiger partial charge in [-0.2, -0.15) is 10.2 Å². The number of nitrogens with zero attached hydrogens (tertiary/aromatic N) is 4. The molecule has 0 radical (unpaired) electrons. The molecule has 1 fully saturated rings. The zero-order valence-corrected chi connectivity index (χ0v) is 10.8. The van der Waals surface area contributed by atoms with Crippen LogP contribution in [0.1, 0.15) is 36.0 Å².